The molecule has 2 aliphatic rings. The minimum atomic E-state index is -0.419. The van der Waals surface area contributed by atoms with Gasteiger partial charge in [-0.05, 0) is 69.5 Å². The molecule has 1 unspecified atom stereocenters. The number of nitrogens with one attached hydrogen (secondary N) is 2. The van der Waals surface area contributed by atoms with E-state index in [9.17, 15) is 0 Å². The van der Waals surface area contributed by atoms with E-state index in [1.54, 1.807) is 41.9 Å². The van der Waals surface area contributed by atoms with Crippen LogP contribution in [0.4, 0.5) is 15.9 Å². The van der Waals surface area contributed by atoms with E-state index in [0.717, 1.165) is 30.6 Å². The molecule has 5 heterocycles. The number of rotatable bonds is 5. The minimum absolute atomic E-state index is 0.295. The second kappa shape index (κ2) is 8.45. The van der Waals surface area contributed by atoms with Crippen LogP contribution in [0, 0.1) is 12.7 Å². The SMILES string of the molecule is Cc1c(Oc2ccn3ncnc3c2)ccc(Nc2ncnc3ccc(C4CCNC5(CC5)C4)nc23)c1F. The molecule has 2 fully saturated rings. The van der Waals surface area contributed by atoms with Gasteiger partial charge >= 0.3 is 0 Å². The number of hydrogen-bond acceptors (Lipinski definition) is 8. The number of hydrogen-bond donors (Lipinski definition) is 2. The third-order valence-electron chi connectivity index (χ3n) is 7.47. The van der Waals surface area contributed by atoms with Crippen molar-refractivity contribution >= 4 is 28.2 Å². The molecule has 1 atom stereocenters. The Morgan fingerprint density at radius 3 is 2.92 bits per heavy atom. The summed E-state index contributed by atoms with van der Waals surface area (Å²) >= 11 is 0. The topological polar surface area (TPSA) is 102 Å². The molecule has 10 heteroatoms. The fraction of sp³-hybridized carbons (Fsp3) is 0.296. The highest BCUT2D eigenvalue weighted by Gasteiger charge is 2.46. The van der Waals surface area contributed by atoms with Gasteiger partial charge in [-0.25, -0.2) is 28.8 Å². The lowest BCUT2D eigenvalue weighted by Crippen LogP contribution is -2.39. The van der Waals surface area contributed by atoms with Crippen LogP contribution < -0.4 is 15.4 Å². The molecule has 1 spiro atoms. The van der Waals surface area contributed by atoms with Crippen molar-refractivity contribution in [2.75, 3.05) is 11.9 Å². The largest absolute Gasteiger partial charge is 0.457 e. The lowest BCUT2D eigenvalue weighted by molar-refractivity contribution is 0.342. The molecule has 9 nitrogen and oxygen atoms in total. The number of piperidine rings is 1. The van der Waals surface area contributed by atoms with E-state index >= 15 is 4.39 Å². The number of nitrogens with zero attached hydrogens (tertiary/aromatic N) is 6. The van der Waals surface area contributed by atoms with E-state index in [1.165, 1.54) is 25.5 Å². The summed E-state index contributed by atoms with van der Waals surface area (Å²) in [6.45, 7) is 2.69. The van der Waals surface area contributed by atoms with E-state index in [4.69, 9.17) is 9.72 Å². The smallest absolute Gasteiger partial charge is 0.160 e. The van der Waals surface area contributed by atoms with Crippen LogP contribution in [0.3, 0.4) is 0 Å². The molecule has 0 bridgehead atoms. The van der Waals surface area contributed by atoms with E-state index < -0.39 is 5.82 Å². The first-order valence-corrected chi connectivity index (χ1v) is 12.5. The van der Waals surface area contributed by atoms with Crippen LogP contribution in [-0.4, -0.2) is 41.6 Å². The summed E-state index contributed by atoms with van der Waals surface area (Å²) in [6, 6.07) is 10.9. The van der Waals surface area contributed by atoms with Crippen molar-refractivity contribution in [2.24, 2.45) is 0 Å². The number of anilines is 2. The first kappa shape index (κ1) is 22.1. The van der Waals surface area contributed by atoms with Crippen molar-refractivity contribution in [3.8, 4) is 11.5 Å². The zero-order valence-corrected chi connectivity index (χ0v) is 20.3. The van der Waals surface area contributed by atoms with E-state index in [2.05, 4.69) is 36.8 Å². The van der Waals surface area contributed by atoms with Gasteiger partial charge in [0.2, 0.25) is 0 Å². The molecule has 2 N–H and O–H groups in total. The Labute approximate surface area is 212 Å². The monoisotopic (exact) mass is 496 g/mol. The fourth-order valence-corrected chi connectivity index (χ4v) is 5.20. The summed E-state index contributed by atoms with van der Waals surface area (Å²) in [5.41, 5.74) is 4.03. The van der Waals surface area contributed by atoms with Gasteiger partial charge in [-0.2, -0.15) is 5.10 Å². The van der Waals surface area contributed by atoms with Crippen LogP contribution in [0.2, 0.25) is 0 Å². The molecule has 0 radical (unpaired) electrons. The van der Waals surface area contributed by atoms with Gasteiger partial charge in [-0.1, -0.05) is 0 Å². The Bertz CT molecular complexity index is 1650. The van der Waals surface area contributed by atoms with Crippen molar-refractivity contribution < 1.29 is 9.13 Å². The molecule has 37 heavy (non-hydrogen) atoms. The van der Waals surface area contributed by atoms with Crippen LogP contribution in [-0.2, 0) is 0 Å². The van der Waals surface area contributed by atoms with Gasteiger partial charge in [0.25, 0.3) is 0 Å². The van der Waals surface area contributed by atoms with Gasteiger partial charge in [-0.3, -0.25) is 0 Å². The number of benzene rings is 1. The highest BCUT2D eigenvalue weighted by molar-refractivity contribution is 5.87. The summed E-state index contributed by atoms with van der Waals surface area (Å²) in [5.74, 6) is 1.42. The lowest BCUT2D eigenvalue weighted by Gasteiger charge is -2.30. The maximum Gasteiger partial charge on any atom is 0.160 e. The van der Waals surface area contributed by atoms with Gasteiger partial charge < -0.3 is 15.4 Å². The highest BCUT2D eigenvalue weighted by Crippen LogP contribution is 2.46. The molecule has 186 valence electrons. The molecule has 1 saturated carbocycles. The van der Waals surface area contributed by atoms with Gasteiger partial charge in [0, 0.05) is 35.0 Å². The van der Waals surface area contributed by atoms with Crippen LogP contribution >= 0.6 is 0 Å². The molecular formula is C27H25FN8O. The van der Waals surface area contributed by atoms with Gasteiger partial charge in [0.15, 0.2) is 17.3 Å². The number of pyridine rings is 2. The number of aromatic nitrogens is 6. The summed E-state index contributed by atoms with van der Waals surface area (Å²) in [7, 11) is 0. The standard InChI is InChI=1S/C27H25FN8O/c1-16-22(37-18-7-11-36-23(12-18)30-15-33-36)5-4-20(24(16)28)35-26-25-21(29-14-31-26)3-2-19(34-25)17-6-10-32-27(13-17)8-9-27/h2-5,7,11-12,14-15,17,32H,6,8-10,13H2,1H3,(H,29,31,35). The van der Waals surface area contributed by atoms with Crippen molar-refractivity contribution in [3.63, 3.8) is 0 Å². The van der Waals surface area contributed by atoms with Crippen molar-refractivity contribution in [1.29, 1.82) is 0 Å². The van der Waals surface area contributed by atoms with E-state index in [-0.39, 0.29) is 0 Å². The first-order valence-electron chi connectivity index (χ1n) is 12.5. The maximum absolute atomic E-state index is 15.5. The Balaban J connectivity index is 1.17. The van der Waals surface area contributed by atoms with Crippen molar-refractivity contribution in [2.45, 2.75) is 44.1 Å². The van der Waals surface area contributed by atoms with Gasteiger partial charge in [0.05, 0.1) is 11.2 Å². The average Bonchev–Trinajstić information content (AvgIpc) is 3.48. The predicted molar refractivity (Wildman–Crippen MR) is 137 cm³/mol. The van der Waals surface area contributed by atoms with Crippen LogP contribution in [0.25, 0.3) is 16.7 Å². The highest BCUT2D eigenvalue weighted by atomic mass is 19.1. The minimum Gasteiger partial charge on any atom is -0.457 e. The third kappa shape index (κ3) is 4.03. The zero-order chi connectivity index (χ0) is 25.0. The van der Waals surface area contributed by atoms with Crippen molar-refractivity contribution in [3.05, 3.63) is 72.3 Å². The lowest BCUT2D eigenvalue weighted by atomic mass is 9.88. The summed E-state index contributed by atoms with van der Waals surface area (Å²) in [5, 5.41) is 10.9. The second-order valence-electron chi connectivity index (χ2n) is 9.93. The average molecular weight is 497 g/mol. The Morgan fingerprint density at radius 2 is 2.03 bits per heavy atom. The molecule has 5 aromatic rings. The zero-order valence-electron chi connectivity index (χ0n) is 20.3. The second-order valence-corrected chi connectivity index (χ2v) is 9.93. The van der Waals surface area contributed by atoms with E-state index in [1.807, 2.05) is 6.07 Å². The Morgan fingerprint density at radius 1 is 1.11 bits per heavy atom. The van der Waals surface area contributed by atoms with Crippen LogP contribution in [0.5, 0.6) is 11.5 Å². The van der Waals surface area contributed by atoms with E-state index in [0.29, 0.717) is 51.2 Å². The fourth-order valence-electron chi connectivity index (χ4n) is 5.20. The third-order valence-corrected chi connectivity index (χ3v) is 7.47. The van der Waals surface area contributed by atoms with Crippen LogP contribution in [0.1, 0.15) is 42.9 Å². The molecule has 4 aromatic heterocycles. The Hall–Kier alpha value is -4.18. The summed E-state index contributed by atoms with van der Waals surface area (Å²) < 4.78 is 23.1. The number of ether oxygens (including phenoxy) is 1. The number of fused-ring (bicyclic) bond motifs is 2. The molecule has 7 rings (SSSR count). The normalized spacial score (nSPS) is 18.4. The molecule has 1 aliphatic heterocycles. The first-order chi connectivity index (χ1) is 18.1. The summed E-state index contributed by atoms with van der Waals surface area (Å²) in [6.07, 6.45) is 9.31. The maximum atomic E-state index is 15.5. The molecule has 0 amide bonds. The van der Waals surface area contributed by atoms with Crippen LogP contribution in [0.15, 0.2) is 55.2 Å². The molecule has 1 saturated heterocycles. The molecular weight excluding hydrogens is 471 g/mol. The quantitative estimate of drug-likeness (QED) is 0.349. The van der Waals surface area contributed by atoms with Gasteiger partial charge in [0.1, 0.15) is 29.7 Å². The molecule has 1 aromatic carbocycles. The summed E-state index contributed by atoms with van der Waals surface area (Å²) in [4.78, 5) is 17.9. The molecule has 1 aliphatic carbocycles. The van der Waals surface area contributed by atoms with Gasteiger partial charge in [-0.15, -0.1) is 0 Å². The Kier molecular flexibility index (Phi) is 5.03. The predicted octanol–water partition coefficient (Wildman–Crippen LogP) is 5.05. The number of halogens is 1. The van der Waals surface area contributed by atoms with Crippen molar-refractivity contribution in [1.82, 2.24) is 34.9 Å².